The Labute approximate surface area is 241 Å². The third-order valence-corrected chi connectivity index (χ3v) is 6.99. The molecule has 0 atom stereocenters. The SMILES string of the molecule is CC.CCC(C)C.CCCC.CN=C(CCc1ccc(C(C)=O)cc1)c1c(C)ccnc1NC1CCCCC1. The number of hydrogen-bond acceptors (Lipinski definition) is 4. The van der Waals surface area contributed by atoms with Crippen LogP contribution in [0.5, 0.6) is 0 Å². The summed E-state index contributed by atoms with van der Waals surface area (Å²) in [4.78, 5) is 20.7. The molecule has 220 valence electrons. The van der Waals surface area contributed by atoms with Crippen LogP contribution in [0.2, 0.25) is 0 Å². The number of Topliss-reactive ketones (excluding diaryl/α,β-unsaturated/α-hetero) is 1. The Morgan fingerprint density at radius 3 is 2.03 bits per heavy atom. The number of rotatable bonds is 9. The molecule has 1 fully saturated rings. The Balaban J connectivity index is 0.00000112. The molecule has 0 spiro atoms. The van der Waals surface area contributed by atoms with Crippen molar-refractivity contribution in [2.24, 2.45) is 10.9 Å². The molecule has 1 heterocycles. The van der Waals surface area contributed by atoms with E-state index < -0.39 is 0 Å². The van der Waals surface area contributed by atoms with Crippen LogP contribution in [0, 0.1) is 12.8 Å². The van der Waals surface area contributed by atoms with E-state index in [1.807, 2.05) is 51.4 Å². The molecule has 0 radical (unpaired) electrons. The number of unbranched alkanes of at least 4 members (excludes halogenated alkanes) is 1. The van der Waals surface area contributed by atoms with E-state index in [-0.39, 0.29) is 5.78 Å². The first kappa shape index (κ1) is 36.5. The Hall–Kier alpha value is -2.49. The van der Waals surface area contributed by atoms with Crippen LogP contribution in [0.4, 0.5) is 5.82 Å². The quantitative estimate of drug-likeness (QED) is 0.256. The molecular weight excluding hydrogens is 478 g/mol. The van der Waals surface area contributed by atoms with Crippen molar-refractivity contribution in [3.8, 4) is 0 Å². The first-order valence-corrected chi connectivity index (χ1v) is 15.5. The molecule has 1 aliphatic rings. The summed E-state index contributed by atoms with van der Waals surface area (Å²) in [5, 5.41) is 3.69. The highest BCUT2D eigenvalue weighted by molar-refractivity contribution is 6.05. The second-order valence-electron chi connectivity index (χ2n) is 10.6. The average Bonchev–Trinajstić information content (AvgIpc) is 2.96. The van der Waals surface area contributed by atoms with Crippen molar-refractivity contribution in [2.45, 2.75) is 133 Å². The predicted octanol–water partition coefficient (Wildman–Crippen LogP) is 10.3. The Morgan fingerprint density at radius 1 is 1.00 bits per heavy atom. The lowest BCUT2D eigenvalue weighted by Gasteiger charge is -2.25. The number of aromatic nitrogens is 1. The van der Waals surface area contributed by atoms with Crippen molar-refractivity contribution in [2.75, 3.05) is 12.4 Å². The fourth-order valence-corrected chi connectivity index (χ4v) is 3.99. The number of carbonyl (C=O) groups excluding carboxylic acids is 1. The molecule has 3 rings (SSSR count). The van der Waals surface area contributed by atoms with Gasteiger partial charge in [-0.1, -0.05) is 111 Å². The molecule has 4 nitrogen and oxygen atoms in total. The van der Waals surface area contributed by atoms with E-state index in [1.165, 1.54) is 62.5 Å². The fourth-order valence-electron chi connectivity index (χ4n) is 3.99. The summed E-state index contributed by atoms with van der Waals surface area (Å²) in [7, 11) is 1.87. The summed E-state index contributed by atoms with van der Waals surface area (Å²) >= 11 is 0. The van der Waals surface area contributed by atoms with Crippen molar-refractivity contribution >= 4 is 17.3 Å². The molecule has 0 bridgehead atoms. The van der Waals surface area contributed by atoms with E-state index in [0.717, 1.165) is 41.4 Å². The van der Waals surface area contributed by atoms with Crippen LogP contribution in [-0.2, 0) is 6.42 Å². The zero-order valence-corrected chi connectivity index (χ0v) is 27.0. The summed E-state index contributed by atoms with van der Waals surface area (Å²) in [6.07, 6.45) is 13.9. The normalized spacial score (nSPS) is 13.3. The summed E-state index contributed by atoms with van der Waals surface area (Å²) in [5.41, 5.74) is 5.42. The van der Waals surface area contributed by atoms with Crippen molar-refractivity contribution in [3.05, 3.63) is 58.8 Å². The van der Waals surface area contributed by atoms with Crippen LogP contribution in [-0.4, -0.2) is 29.6 Å². The van der Waals surface area contributed by atoms with Crippen LogP contribution < -0.4 is 5.32 Å². The van der Waals surface area contributed by atoms with E-state index in [0.29, 0.717) is 6.04 Å². The number of carbonyl (C=O) groups is 1. The first-order valence-electron chi connectivity index (χ1n) is 15.5. The second-order valence-corrected chi connectivity index (χ2v) is 10.6. The molecule has 1 aromatic heterocycles. The van der Waals surface area contributed by atoms with E-state index in [4.69, 9.17) is 0 Å². The number of nitrogens with one attached hydrogen (secondary N) is 1. The predicted molar refractivity (Wildman–Crippen MR) is 174 cm³/mol. The lowest BCUT2D eigenvalue weighted by atomic mass is 9.94. The Morgan fingerprint density at radius 2 is 1.56 bits per heavy atom. The minimum Gasteiger partial charge on any atom is -0.367 e. The van der Waals surface area contributed by atoms with Crippen molar-refractivity contribution in [1.82, 2.24) is 4.98 Å². The van der Waals surface area contributed by atoms with Gasteiger partial charge in [0, 0.05) is 36.1 Å². The van der Waals surface area contributed by atoms with Crippen LogP contribution in [0.15, 0.2) is 41.5 Å². The highest BCUT2D eigenvalue weighted by Crippen LogP contribution is 2.25. The van der Waals surface area contributed by atoms with Gasteiger partial charge in [0.15, 0.2) is 5.78 Å². The van der Waals surface area contributed by atoms with Gasteiger partial charge >= 0.3 is 0 Å². The van der Waals surface area contributed by atoms with Gasteiger partial charge in [-0.2, -0.15) is 0 Å². The number of ketones is 1. The number of aliphatic imine (C=N–C) groups is 1. The first-order chi connectivity index (χ1) is 18.8. The maximum atomic E-state index is 11.5. The number of nitrogens with zero attached hydrogens (tertiary/aromatic N) is 2. The molecule has 1 N–H and O–H groups in total. The van der Waals surface area contributed by atoms with E-state index in [9.17, 15) is 4.79 Å². The van der Waals surface area contributed by atoms with Crippen LogP contribution in [0.3, 0.4) is 0 Å². The highest BCUT2D eigenvalue weighted by atomic mass is 16.1. The lowest BCUT2D eigenvalue weighted by Crippen LogP contribution is -2.24. The Kier molecular flexibility index (Phi) is 20.9. The molecule has 1 saturated carbocycles. The molecule has 1 aliphatic carbocycles. The van der Waals surface area contributed by atoms with Gasteiger partial charge in [-0.15, -0.1) is 0 Å². The largest absolute Gasteiger partial charge is 0.367 e. The van der Waals surface area contributed by atoms with Crippen LogP contribution >= 0.6 is 0 Å². The monoisotopic (exact) mass is 537 g/mol. The number of aryl methyl sites for hydroxylation is 2. The van der Waals surface area contributed by atoms with Gasteiger partial charge in [-0.3, -0.25) is 9.79 Å². The van der Waals surface area contributed by atoms with Gasteiger partial charge in [0.2, 0.25) is 0 Å². The number of anilines is 1. The summed E-state index contributed by atoms with van der Waals surface area (Å²) in [6.45, 7) is 18.7. The molecular formula is C35H59N3O. The fraction of sp³-hybridized carbons (Fsp3) is 0.629. The number of benzene rings is 1. The van der Waals surface area contributed by atoms with E-state index in [1.54, 1.807) is 6.92 Å². The standard InChI is InChI=1S/C24H31N3O.C5H12.C4H10.C2H6/c1-17-15-16-26-24(27-21-7-5-4-6-8-21)23(17)22(25-3)14-11-19-9-12-20(13-10-19)18(2)28;1-4-5(2)3;1-3-4-2;1-2/h9-10,12-13,15-16,21H,4-8,11,14H2,1-3H3,(H,26,27);5H,4H2,1-3H3;3-4H2,1-2H3;1-2H3. The van der Waals surface area contributed by atoms with Crippen molar-refractivity contribution in [3.63, 3.8) is 0 Å². The molecule has 0 saturated heterocycles. The molecule has 0 amide bonds. The third-order valence-electron chi connectivity index (χ3n) is 6.99. The summed E-state index contributed by atoms with van der Waals surface area (Å²) < 4.78 is 0. The summed E-state index contributed by atoms with van der Waals surface area (Å²) in [6, 6.07) is 10.5. The molecule has 39 heavy (non-hydrogen) atoms. The molecule has 4 heteroatoms. The topological polar surface area (TPSA) is 54.4 Å². The zero-order valence-electron chi connectivity index (χ0n) is 27.0. The molecule has 0 unspecified atom stereocenters. The molecule has 2 aromatic rings. The zero-order chi connectivity index (χ0) is 29.6. The smallest absolute Gasteiger partial charge is 0.159 e. The van der Waals surface area contributed by atoms with Gasteiger partial charge in [0.1, 0.15) is 5.82 Å². The number of pyridine rings is 1. The highest BCUT2D eigenvalue weighted by Gasteiger charge is 2.18. The van der Waals surface area contributed by atoms with Gasteiger partial charge in [0.05, 0.1) is 0 Å². The maximum Gasteiger partial charge on any atom is 0.159 e. The average molecular weight is 538 g/mol. The van der Waals surface area contributed by atoms with E-state index in [2.05, 4.69) is 62.9 Å². The lowest BCUT2D eigenvalue weighted by molar-refractivity contribution is 0.101. The third kappa shape index (κ3) is 15.0. The van der Waals surface area contributed by atoms with E-state index >= 15 is 0 Å². The van der Waals surface area contributed by atoms with Crippen molar-refractivity contribution in [1.29, 1.82) is 0 Å². The van der Waals surface area contributed by atoms with Gasteiger partial charge < -0.3 is 5.32 Å². The van der Waals surface area contributed by atoms with Crippen molar-refractivity contribution < 1.29 is 4.79 Å². The molecule has 1 aromatic carbocycles. The second kappa shape index (κ2) is 22.3. The summed E-state index contributed by atoms with van der Waals surface area (Å²) in [5.74, 6) is 1.96. The van der Waals surface area contributed by atoms with Crippen LogP contribution in [0.1, 0.15) is 140 Å². The van der Waals surface area contributed by atoms with Gasteiger partial charge in [0.25, 0.3) is 0 Å². The number of hydrogen-bond donors (Lipinski definition) is 1. The minimum atomic E-state index is 0.103. The Bertz CT molecular complexity index is 923. The maximum absolute atomic E-state index is 11.5. The molecule has 0 aliphatic heterocycles. The van der Waals surface area contributed by atoms with Gasteiger partial charge in [-0.05, 0) is 62.6 Å². The van der Waals surface area contributed by atoms with Gasteiger partial charge in [-0.25, -0.2) is 4.98 Å². The van der Waals surface area contributed by atoms with Crippen LogP contribution in [0.25, 0.3) is 0 Å². The minimum absolute atomic E-state index is 0.103.